The summed E-state index contributed by atoms with van der Waals surface area (Å²) in [5, 5.41) is 3.06. The van der Waals surface area contributed by atoms with E-state index in [-0.39, 0.29) is 11.9 Å². The minimum Gasteiger partial charge on any atom is -0.353 e. The second-order valence-corrected chi connectivity index (χ2v) is 5.68. The van der Waals surface area contributed by atoms with E-state index in [1.807, 2.05) is 9.80 Å². The lowest BCUT2D eigenvalue weighted by atomic mass is 9.85. The lowest BCUT2D eigenvalue weighted by Crippen LogP contribution is -2.56. The first kappa shape index (κ1) is 11.8. The summed E-state index contributed by atoms with van der Waals surface area (Å²) in [5.41, 5.74) is 0. The molecule has 0 bridgehead atoms. The molecule has 2 unspecified atom stereocenters. The molecule has 0 radical (unpaired) electrons. The summed E-state index contributed by atoms with van der Waals surface area (Å²) in [6.45, 7) is 3.44. The Labute approximate surface area is 107 Å². The van der Waals surface area contributed by atoms with Crippen molar-refractivity contribution in [3.8, 4) is 0 Å². The molecule has 18 heavy (non-hydrogen) atoms. The van der Waals surface area contributed by atoms with Crippen molar-refractivity contribution in [3.05, 3.63) is 0 Å². The largest absolute Gasteiger partial charge is 0.353 e. The van der Waals surface area contributed by atoms with E-state index in [9.17, 15) is 9.59 Å². The highest BCUT2D eigenvalue weighted by atomic mass is 16.2. The van der Waals surface area contributed by atoms with Crippen LogP contribution in [0.3, 0.4) is 0 Å². The number of fused-ring (bicyclic) bond motifs is 1. The maximum absolute atomic E-state index is 12.3. The Morgan fingerprint density at radius 3 is 2.67 bits per heavy atom. The minimum absolute atomic E-state index is 0.176. The molecule has 3 rings (SSSR count). The molecule has 3 heterocycles. The molecule has 5 heteroatoms. The molecule has 5 nitrogen and oxygen atoms in total. The Hall–Kier alpha value is -1.26. The number of carbonyl (C=O) groups is 2. The highest BCUT2D eigenvalue weighted by molar-refractivity contribution is 5.78. The number of hydrogen-bond acceptors (Lipinski definition) is 2. The second kappa shape index (κ2) is 4.78. The van der Waals surface area contributed by atoms with Crippen molar-refractivity contribution in [1.29, 1.82) is 0 Å². The molecule has 1 N–H and O–H groups in total. The van der Waals surface area contributed by atoms with Gasteiger partial charge >= 0.3 is 6.03 Å². The molecule has 3 saturated heterocycles. The number of nitrogens with zero attached hydrogens (tertiary/aromatic N) is 2. The summed E-state index contributed by atoms with van der Waals surface area (Å²) in [7, 11) is 0. The number of urea groups is 1. The van der Waals surface area contributed by atoms with Gasteiger partial charge in [0, 0.05) is 38.6 Å². The Morgan fingerprint density at radius 1 is 1.11 bits per heavy atom. The van der Waals surface area contributed by atoms with Crippen LogP contribution in [0, 0.1) is 5.92 Å². The third-order valence-electron chi connectivity index (χ3n) is 4.47. The van der Waals surface area contributed by atoms with Crippen molar-refractivity contribution in [1.82, 2.24) is 15.1 Å². The summed E-state index contributed by atoms with van der Waals surface area (Å²) in [6.07, 6.45) is 4.74. The van der Waals surface area contributed by atoms with E-state index < -0.39 is 0 Å². The van der Waals surface area contributed by atoms with Gasteiger partial charge < -0.3 is 15.1 Å². The first-order valence-corrected chi connectivity index (χ1v) is 7.07. The van der Waals surface area contributed by atoms with E-state index in [1.165, 1.54) is 0 Å². The average molecular weight is 251 g/mol. The molecule has 0 saturated carbocycles. The van der Waals surface area contributed by atoms with Gasteiger partial charge in [0.2, 0.25) is 5.91 Å². The van der Waals surface area contributed by atoms with Gasteiger partial charge in [-0.1, -0.05) is 0 Å². The fraction of sp³-hybridized carbons (Fsp3) is 0.846. The molecule has 3 aliphatic heterocycles. The van der Waals surface area contributed by atoms with E-state index >= 15 is 0 Å². The standard InChI is InChI=1S/C13H21N3O2/c17-12-4-3-10-9-16(8-5-11(10)14-12)13(18)15-6-1-2-7-15/h10-11H,1-9H2,(H,14,17). The highest BCUT2D eigenvalue weighted by Crippen LogP contribution is 2.26. The number of likely N-dealkylation sites (tertiary alicyclic amines) is 2. The Balaban J connectivity index is 1.59. The van der Waals surface area contributed by atoms with Crippen LogP contribution in [-0.2, 0) is 4.79 Å². The molecule has 0 aliphatic carbocycles. The fourth-order valence-electron chi connectivity index (χ4n) is 3.39. The number of nitrogens with one attached hydrogen (secondary N) is 1. The van der Waals surface area contributed by atoms with Crippen molar-refractivity contribution in [3.63, 3.8) is 0 Å². The van der Waals surface area contributed by atoms with E-state index in [4.69, 9.17) is 0 Å². The molecule has 3 amide bonds. The van der Waals surface area contributed by atoms with Gasteiger partial charge in [-0.25, -0.2) is 4.79 Å². The molecule has 0 spiro atoms. The van der Waals surface area contributed by atoms with Gasteiger partial charge in [0.15, 0.2) is 0 Å². The SMILES string of the molecule is O=C1CCC2CN(C(=O)N3CCCC3)CCC2N1. The number of amides is 3. The number of hydrogen-bond donors (Lipinski definition) is 1. The normalized spacial score (nSPS) is 32.1. The van der Waals surface area contributed by atoms with E-state index in [1.54, 1.807) is 0 Å². The van der Waals surface area contributed by atoms with Crippen LogP contribution in [-0.4, -0.2) is 54.0 Å². The van der Waals surface area contributed by atoms with Crippen molar-refractivity contribution in [2.75, 3.05) is 26.2 Å². The molecule has 2 atom stereocenters. The van der Waals surface area contributed by atoms with Crippen LogP contribution in [0.25, 0.3) is 0 Å². The minimum atomic E-state index is 0.176. The Bertz CT molecular complexity index is 352. The molecule has 3 aliphatic rings. The zero-order valence-corrected chi connectivity index (χ0v) is 10.7. The van der Waals surface area contributed by atoms with Gasteiger partial charge in [-0.3, -0.25) is 4.79 Å². The smallest absolute Gasteiger partial charge is 0.320 e. The molecular weight excluding hydrogens is 230 g/mol. The van der Waals surface area contributed by atoms with Crippen molar-refractivity contribution < 1.29 is 9.59 Å². The number of piperidine rings is 2. The lowest BCUT2D eigenvalue weighted by Gasteiger charge is -2.42. The number of rotatable bonds is 0. The molecule has 100 valence electrons. The van der Waals surface area contributed by atoms with Crippen LogP contribution in [0.4, 0.5) is 4.79 Å². The summed E-state index contributed by atoms with van der Waals surface area (Å²) in [6, 6.07) is 0.511. The predicted octanol–water partition coefficient (Wildman–Crippen LogP) is 0.803. The molecular formula is C13H21N3O2. The van der Waals surface area contributed by atoms with Crippen LogP contribution in [0.5, 0.6) is 0 Å². The monoisotopic (exact) mass is 251 g/mol. The Morgan fingerprint density at radius 2 is 1.89 bits per heavy atom. The molecule has 0 aromatic rings. The van der Waals surface area contributed by atoms with Crippen molar-refractivity contribution in [2.45, 2.75) is 38.1 Å². The maximum Gasteiger partial charge on any atom is 0.320 e. The lowest BCUT2D eigenvalue weighted by molar-refractivity contribution is -0.125. The summed E-state index contributed by atoms with van der Waals surface area (Å²) < 4.78 is 0. The summed E-state index contributed by atoms with van der Waals surface area (Å²) in [5.74, 6) is 0.638. The second-order valence-electron chi connectivity index (χ2n) is 5.68. The Kier molecular flexibility index (Phi) is 3.14. The fourth-order valence-corrected chi connectivity index (χ4v) is 3.39. The van der Waals surface area contributed by atoms with Gasteiger partial charge in [-0.2, -0.15) is 0 Å². The van der Waals surface area contributed by atoms with Crippen LogP contribution in [0.15, 0.2) is 0 Å². The topological polar surface area (TPSA) is 52.7 Å². The van der Waals surface area contributed by atoms with Gasteiger partial charge in [-0.05, 0) is 31.6 Å². The van der Waals surface area contributed by atoms with Gasteiger partial charge in [-0.15, -0.1) is 0 Å². The highest BCUT2D eigenvalue weighted by Gasteiger charge is 2.36. The van der Waals surface area contributed by atoms with Crippen LogP contribution in [0.1, 0.15) is 32.1 Å². The molecule has 0 aromatic heterocycles. The van der Waals surface area contributed by atoms with Crippen molar-refractivity contribution >= 4 is 11.9 Å². The predicted molar refractivity (Wildman–Crippen MR) is 67.0 cm³/mol. The molecule has 3 fully saturated rings. The van der Waals surface area contributed by atoms with E-state index in [2.05, 4.69) is 5.32 Å². The third kappa shape index (κ3) is 2.18. The average Bonchev–Trinajstić information content (AvgIpc) is 2.91. The van der Waals surface area contributed by atoms with Crippen LogP contribution in [0.2, 0.25) is 0 Å². The summed E-state index contributed by atoms with van der Waals surface area (Å²) in [4.78, 5) is 27.6. The van der Waals surface area contributed by atoms with Crippen LogP contribution < -0.4 is 5.32 Å². The first-order valence-electron chi connectivity index (χ1n) is 7.07. The maximum atomic E-state index is 12.3. The first-order chi connectivity index (χ1) is 8.74. The zero-order valence-electron chi connectivity index (χ0n) is 10.7. The van der Waals surface area contributed by atoms with E-state index in [0.29, 0.717) is 18.4 Å². The van der Waals surface area contributed by atoms with Gasteiger partial charge in [0.1, 0.15) is 0 Å². The zero-order chi connectivity index (χ0) is 12.5. The third-order valence-corrected chi connectivity index (χ3v) is 4.47. The van der Waals surface area contributed by atoms with Gasteiger partial charge in [0.25, 0.3) is 0 Å². The quantitative estimate of drug-likeness (QED) is 0.692. The summed E-state index contributed by atoms with van der Waals surface area (Å²) >= 11 is 0. The molecule has 0 aromatic carbocycles. The van der Waals surface area contributed by atoms with Crippen molar-refractivity contribution in [2.24, 2.45) is 5.92 Å². The van der Waals surface area contributed by atoms with Crippen LogP contribution >= 0.6 is 0 Å². The van der Waals surface area contributed by atoms with Gasteiger partial charge in [0.05, 0.1) is 0 Å². The number of carbonyl (C=O) groups excluding carboxylic acids is 2. The van der Waals surface area contributed by atoms with E-state index in [0.717, 1.165) is 51.9 Å².